The third-order valence-electron chi connectivity index (χ3n) is 3.20. The summed E-state index contributed by atoms with van der Waals surface area (Å²) in [5, 5.41) is 4.77. The summed E-state index contributed by atoms with van der Waals surface area (Å²) >= 11 is 12.0. The lowest BCUT2D eigenvalue weighted by molar-refractivity contribution is 0.322. The van der Waals surface area contributed by atoms with E-state index in [1.807, 2.05) is 12.1 Å². The molecule has 1 rings (SSSR count). The van der Waals surface area contributed by atoms with Crippen LogP contribution in [0.5, 0.6) is 0 Å². The summed E-state index contributed by atoms with van der Waals surface area (Å²) in [6, 6.07) is 5.93. The van der Waals surface area contributed by atoms with Gasteiger partial charge in [-0.15, -0.1) is 0 Å². The van der Waals surface area contributed by atoms with Gasteiger partial charge in [0.05, 0.1) is 10.0 Å². The van der Waals surface area contributed by atoms with E-state index in [0.29, 0.717) is 16.0 Å². The van der Waals surface area contributed by atoms with Gasteiger partial charge in [-0.05, 0) is 55.0 Å². The Kier molecular flexibility index (Phi) is 6.65. The molecule has 0 radical (unpaired) electrons. The highest BCUT2D eigenvalue weighted by Crippen LogP contribution is 2.29. The van der Waals surface area contributed by atoms with Crippen LogP contribution in [0.1, 0.15) is 39.7 Å². The van der Waals surface area contributed by atoms with Crippen LogP contribution in [0, 0.1) is 11.3 Å². The average Bonchev–Trinajstić information content (AvgIpc) is 2.29. The van der Waals surface area contributed by atoms with Crippen LogP contribution in [-0.2, 0) is 6.42 Å². The maximum Gasteiger partial charge on any atom is 0.0595 e. The van der Waals surface area contributed by atoms with Crippen LogP contribution in [0.15, 0.2) is 18.2 Å². The molecule has 1 N–H and O–H groups in total. The van der Waals surface area contributed by atoms with E-state index in [0.717, 1.165) is 25.9 Å². The van der Waals surface area contributed by atoms with Gasteiger partial charge in [0.15, 0.2) is 0 Å². The Hall–Kier alpha value is -0.240. The molecule has 3 heteroatoms. The molecular weight excluding hydrogens is 277 g/mol. The third-order valence-corrected chi connectivity index (χ3v) is 3.94. The van der Waals surface area contributed by atoms with Gasteiger partial charge in [0.1, 0.15) is 0 Å². The van der Waals surface area contributed by atoms with E-state index in [2.05, 4.69) is 39.1 Å². The first-order chi connectivity index (χ1) is 8.80. The summed E-state index contributed by atoms with van der Waals surface area (Å²) in [7, 11) is 0. The molecule has 1 nitrogen and oxygen atoms in total. The van der Waals surface area contributed by atoms with E-state index >= 15 is 0 Å². The Morgan fingerprint density at radius 3 is 2.42 bits per heavy atom. The molecule has 0 aliphatic carbocycles. The zero-order valence-corrected chi connectivity index (χ0v) is 13.9. The van der Waals surface area contributed by atoms with Crippen molar-refractivity contribution in [3.05, 3.63) is 33.8 Å². The number of rotatable bonds is 7. The number of nitrogens with one attached hydrogen (secondary N) is 1. The summed E-state index contributed by atoms with van der Waals surface area (Å²) in [4.78, 5) is 0. The molecule has 0 spiro atoms. The van der Waals surface area contributed by atoms with Crippen molar-refractivity contribution >= 4 is 23.2 Å². The van der Waals surface area contributed by atoms with Crippen LogP contribution < -0.4 is 5.32 Å². The fourth-order valence-electron chi connectivity index (χ4n) is 2.11. The van der Waals surface area contributed by atoms with Gasteiger partial charge in [-0.25, -0.2) is 0 Å². The third kappa shape index (κ3) is 6.65. The van der Waals surface area contributed by atoms with Crippen molar-refractivity contribution in [3.8, 4) is 0 Å². The molecule has 0 heterocycles. The van der Waals surface area contributed by atoms with Gasteiger partial charge in [-0.1, -0.05) is 57.0 Å². The smallest absolute Gasteiger partial charge is 0.0595 e. The maximum atomic E-state index is 6.06. The molecule has 0 saturated carbocycles. The van der Waals surface area contributed by atoms with Gasteiger partial charge in [0, 0.05) is 0 Å². The molecule has 0 unspecified atom stereocenters. The fourth-order valence-corrected chi connectivity index (χ4v) is 2.43. The lowest BCUT2D eigenvalue weighted by Crippen LogP contribution is -2.26. The minimum atomic E-state index is 0.265. The molecular formula is C16H25Cl2N. The fraction of sp³-hybridized carbons (Fsp3) is 0.625. The monoisotopic (exact) mass is 301 g/mol. The van der Waals surface area contributed by atoms with Crippen molar-refractivity contribution in [2.75, 3.05) is 13.1 Å². The first-order valence-corrected chi connectivity index (χ1v) is 7.70. The summed E-state index contributed by atoms with van der Waals surface area (Å²) in [5.74, 6) is 0.707. The van der Waals surface area contributed by atoms with Crippen molar-refractivity contribution in [2.45, 2.75) is 40.5 Å². The SMILES string of the molecule is CC(C)CNCCC(C)(C)Cc1ccc(Cl)c(Cl)c1. The van der Waals surface area contributed by atoms with Gasteiger partial charge >= 0.3 is 0 Å². The Balaban J connectivity index is 2.46. The second-order valence-corrected chi connectivity index (χ2v) is 7.25. The highest BCUT2D eigenvalue weighted by molar-refractivity contribution is 6.42. The lowest BCUT2D eigenvalue weighted by atomic mass is 9.82. The first-order valence-electron chi connectivity index (χ1n) is 6.95. The van der Waals surface area contributed by atoms with Gasteiger partial charge in [-0.3, -0.25) is 0 Å². The largest absolute Gasteiger partial charge is 0.316 e. The minimum absolute atomic E-state index is 0.265. The summed E-state index contributed by atoms with van der Waals surface area (Å²) in [6.45, 7) is 11.2. The molecule has 0 bridgehead atoms. The molecule has 0 fully saturated rings. The van der Waals surface area contributed by atoms with Crippen molar-refractivity contribution in [2.24, 2.45) is 11.3 Å². The molecule has 0 aliphatic rings. The molecule has 0 aromatic heterocycles. The van der Waals surface area contributed by atoms with Gasteiger partial charge in [0.25, 0.3) is 0 Å². The molecule has 1 aromatic rings. The highest BCUT2D eigenvalue weighted by Gasteiger charge is 2.18. The molecule has 108 valence electrons. The molecule has 0 atom stereocenters. The first kappa shape index (κ1) is 16.8. The molecule has 19 heavy (non-hydrogen) atoms. The standard InChI is InChI=1S/C16H25Cl2N/c1-12(2)11-19-8-7-16(3,4)10-13-5-6-14(17)15(18)9-13/h5-6,9,12,19H,7-8,10-11H2,1-4H3. The van der Waals surface area contributed by atoms with E-state index in [-0.39, 0.29) is 5.41 Å². The van der Waals surface area contributed by atoms with Crippen LogP contribution in [0.25, 0.3) is 0 Å². The summed E-state index contributed by atoms with van der Waals surface area (Å²) < 4.78 is 0. The Bertz CT molecular complexity index is 400. The van der Waals surface area contributed by atoms with Crippen molar-refractivity contribution in [1.82, 2.24) is 5.32 Å². The second-order valence-electron chi connectivity index (χ2n) is 6.44. The Morgan fingerprint density at radius 1 is 1.16 bits per heavy atom. The zero-order valence-electron chi connectivity index (χ0n) is 12.4. The summed E-state index contributed by atoms with van der Waals surface area (Å²) in [5.41, 5.74) is 1.52. The predicted octanol–water partition coefficient (Wildman–Crippen LogP) is 5.20. The molecule has 0 amide bonds. The van der Waals surface area contributed by atoms with Crippen molar-refractivity contribution < 1.29 is 0 Å². The van der Waals surface area contributed by atoms with Gasteiger partial charge in [-0.2, -0.15) is 0 Å². The molecule has 0 saturated heterocycles. The quantitative estimate of drug-likeness (QED) is 0.683. The normalized spacial score (nSPS) is 12.2. The predicted molar refractivity (Wildman–Crippen MR) is 86.3 cm³/mol. The molecule has 0 aliphatic heterocycles. The van der Waals surface area contributed by atoms with Crippen LogP contribution >= 0.6 is 23.2 Å². The number of halogens is 2. The van der Waals surface area contributed by atoms with E-state index in [4.69, 9.17) is 23.2 Å². The highest BCUT2D eigenvalue weighted by atomic mass is 35.5. The number of benzene rings is 1. The minimum Gasteiger partial charge on any atom is -0.316 e. The second kappa shape index (κ2) is 7.52. The van der Waals surface area contributed by atoms with Gasteiger partial charge in [0.2, 0.25) is 0 Å². The van der Waals surface area contributed by atoms with E-state index in [9.17, 15) is 0 Å². The Labute approximate surface area is 127 Å². The van der Waals surface area contributed by atoms with Gasteiger partial charge < -0.3 is 5.32 Å². The van der Waals surface area contributed by atoms with Crippen LogP contribution in [0.3, 0.4) is 0 Å². The van der Waals surface area contributed by atoms with E-state index in [1.165, 1.54) is 5.56 Å². The summed E-state index contributed by atoms with van der Waals surface area (Å²) in [6.07, 6.45) is 2.17. The van der Waals surface area contributed by atoms with Crippen LogP contribution in [0.4, 0.5) is 0 Å². The average molecular weight is 302 g/mol. The van der Waals surface area contributed by atoms with Crippen LogP contribution in [-0.4, -0.2) is 13.1 Å². The van der Waals surface area contributed by atoms with Crippen LogP contribution in [0.2, 0.25) is 10.0 Å². The van der Waals surface area contributed by atoms with E-state index in [1.54, 1.807) is 0 Å². The lowest BCUT2D eigenvalue weighted by Gasteiger charge is -2.25. The maximum absolute atomic E-state index is 6.06. The topological polar surface area (TPSA) is 12.0 Å². The van der Waals surface area contributed by atoms with Crippen molar-refractivity contribution in [3.63, 3.8) is 0 Å². The Morgan fingerprint density at radius 2 is 1.84 bits per heavy atom. The number of hydrogen-bond donors (Lipinski definition) is 1. The van der Waals surface area contributed by atoms with E-state index < -0.39 is 0 Å². The number of hydrogen-bond acceptors (Lipinski definition) is 1. The van der Waals surface area contributed by atoms with Crippen molar-refractivity contribution in [1.29, 1.82) is 0 Å². The zero-order chi connectivity index (χ0) is 14.5. The molecule has 1 aromatic carbocycles.